The van der Waals surface area contributed by atoms with Crippen LogP contribution in [-0.4, -0.2) is 12.0 Å². The van der Waals surface area contributed by atoms with Crippen LogP contribution in [0.2, 0.25) is 0 Å². The van der Waals surface area contributed by atoms with Crippen molar-refractivity contribution in [2.45, 2.75) is 6.61 Å². The average molecular weight is 202 g/mol. The summed E-state index contributed by atoms with van der Waals surface area (Å²) in [6.07, 6.45) is 0. The normalized spacial score (nSPS) is 12.5. The van der Waals surface area contributed by atoms with Gasteiger partial charge in [-0.1, -0.05) is 12.1 Å². The highest BCUT2D eigenvalue weighted by atomic mass is 31.1. The molecule has 4 nitrogen and oxygen atoms in total. The van der Waals surface area contributed by atoms with Gasteiger partial charge in [-0.3, -0.25) is 4.57 Å². The lowest BCUT2D eigenvalue weighted by Crippen LogP contribution is -1.87. The lowest BCUT2D eigenvalue weighted by molar-refractivity contribution is 0.272. The van der Waals surface area contributed by atoms with Crippen molar-refractivity contribution < 1.29 is 18.7 Å². The van der Waals surface area contributed by atoms with Gasteiger partial charge in [0.15, 0.2) is 0 Å². The van der Waals surface area contributed by atoms with Crippen molar-refractivity contribution in [2.24, 2.45) is 0 Å². The van der Waals surface area contributed by atoms with Gasteiger partial charge in [0, 0.05) is 0 Å². The minimum absolute atomic E-state index is 0.151. The summed E-state index contributed by atoms with van der Waals surface area (Å²) in [6.45, 7) is 0.151. The fourth-order valence-corrected chi connectivity index (χ4v) is 1.16. The zero-order valence-electron chi connectivity index (χ0n) is 7.19. The molecule has 0 aliphatic rings. The first-order valence-corrected chi connectivity index (χ1v) is 4.97. The predicted molar refractivity (Wildman–Crippen MR) is 49.0 cm³/mol. The van der Waals surface area contributed by atoms with Gasteiger partial charge in [0.1, 0.15) is 5.75 Å². The highest BCUT2D eigenvalue weighted by Gasteiger charge is 1.96. The van der Waals surface area contributed by atoms with Gasteiger partial charge in [-0.15, -0.1) is 0 Å². The second kappa shape index (κ2) is 5.02. The second-order valence-electron chi connectivity index (χ2n) is 2.40. The lowest BCUT2D eigenvalue weighted by atomic mass is 10.2. The first-order chi connectivity index (χ1) is 6.22. The monoisotopic (exact) mass is 202 g/mol. The molecule has 0 bridgehead atoms. The third-order valence-corrected chi connectivity index (χ3v) is 1.91. The Balaban J connectivity index is 2.54. The molecule has 0 saturated carbocycles. The number of methoxy groups -OCH3 is 1. The van der Waals surface area contributed by atoms with Crippen molar-refractivity contribution in [3.05, 3.63) is 29.8 Å². The van der Waals surface area contributed by atoms with Crippen LogP contribution >= 0.6 is 8.25 Å². The number of hydrogen-bond donors (Lipinski definition) is 1. The Hall–Kier alpha value is -0.830. The lowest BCUT2D eigenvalue weighted by Gasteiger charge is -2.02. The maximum absolute atomic E-state index is 10.2. The minimum atomic E-state index is -2.83. The molecular formula is C8H11O4P. The number of benzene rings is 1. The topological polar surface area (TPSA) is 55.8 Å². The molecule has 0 saturated heterocycles. The molecule has 5 heteroatoms. The Morgan fingerprint density at radius 2 is 2.00 bits per heavy atom. The van der Waals surface area contributed by atoms with E-state index >= 15 is 0 Å². The SMILES string of the molecule is COc1ccc(CO[PH](=O)O)cc1. The summed E-state index contributed by atoms with van der Waals surface area (Å²) in [4.78, 5) is 8.41. The summed E-state index contributed by atoms with van der Waals surface area (Å²) in [7, 11) is -1.25. The number of hydrogen-bond acceptors (Lipinski definition) is 3. The van der Waals surface area contributed by atoms with Crippen LogP contribution in [0.5, 0.6) is 5.75 Å². The largest absolute Gasteiger partial charge is 0.497 e. The van der Waals surface area contributed by atoms with E-state index in [2.05, 4.69) is 4.52 Å². The highest BCUT2D eigenvalue weighted by molar-refractivity contribution is 7.32. The molecule has 13 heavy (non-hydrogen) atoms. The minimum Gasteiger partial charge on any atom is -0.497 e. The van der Waals surface area contributed by atoms with Crippen LogP contribution < -0.4 is 4.74 Å². The van der Waals surface area contributed by atoms with Crippen molar-refractivity contribution in [3.63, 3.8) is 0 Å². The zero-order valence-corrected chi connectivity index (χ0v) is 8.19. The molecule has 1 N–H and O–H groups in total. The van der Waals surface area contributed by atoms with E-state index in [-0.39, 0.29) is 6.61 Å². The molecule has 0 radical (unpaired) electrons. The molecule has 1 rings (SSSR count). The Kier molecular flexibility index (Phi) is 3.96. The van der Waals surface area contributed by atoms with E-state index < -0.39 is 8.25 Å². The van der Waals surface area contributed by atoms with E-state index in [1.165, 1.54) is 0 Å². The van der Waals surface area contributed by atoms with E-state index in [0.717, 1.165) is 11.3 Å². The van der Waals surface area contributed by atoms with Crippen LogP contribution in [0.1, 0.15) is 5.56 Å². The van der Waals surface area contributed by atoms with Crippen LogP contribution in [0.3, 0.4) is 0 Å². The predicted octanol–water partition coefficient (Wildman–Crippen LogP) is 1.59. The molecule has 1 unspecified atom stereocenters. The van der Waals surface area contributed by atoms with Gasteiger partial charge in [-0.05, 0) is 17.7 Å². The van der Waals surface area contributed by atoms with Crippen molar-refractivity contribution >= 4 is 8.25 Å². The molecule has 1 aromatic rings. The molecule has 1 atom stereocenters. The molecule has 0 aliphatic heterocycles. The van der Waals surface area contributed by atoms with Crippen LogP contribution in [0.15, 0.2) is 24.3 Å². The molecule has 0 aliphatic carbocycles. The van der Waals surface area contributed by atoms with Crippen LogP contribution in [0, 0.1) is 0 Å². The Labute approximate surface area is 77.1 Å². The van der Waals surface area contributed by atoms with E-state index in [1.807, 2.05) is 0 Å². The molecule has 0 amide bonds. The molecule has 0 aromatic heterocycles. The third kappa shape index (κ3) is 3.59. The van der Waals surface area contributed by atoms with Crippen molar-refractivity contribution in [2.75, 3.05) is 7.11 Å². The third-order valence-electron chi connectivity index (χ3n) is 1.52. The first-order valence-electron chi connectivity index (χ1n) is 3.71. The Morgan fingerprint density at radius 1 is 1.38 bits per heavy atom. The fraction of sp³-hybridized carbons (Fsp3) is 0.250. The summed E-state index contributed by atoms with van der Waals surface area (Å²) in [6, 6.07) is 7.11. The maximum Gasteiger partial charge on any atom is 0.316 e. The summed E-state index contributed by atoms with van der Waals surface area (Å²) in [5.74, 6) is 0.750. The summed E-state index contributed by atoms with van der Waals surface area (Å²) < 4.78 is 19.7. The number of ether oxygens (including phenoxy) is 1. The van der Waals surface area contributed by atoms with Gasteiger partial charge in [-0.25, -0.2) is 0 Å². The maximum atomic E-state index is 10.2. The Morgan fingerprint density at radius 3 is 2.46 bits per heavy atom. The van der Waals surface area contributed by atoms with Gasteiger partial charge >= 0.3 is 8.25 Å². The molecule has 0 spiro atoms. The van der Waals surface area contributed by atoms with Crippen LogP contribution in [0.4, 0.5) is 0 Å². The van der Waals surface area contributed by atoms with Gasteiger partial charge in [0.25, 0.3) is 0 Å². The van der Waals surface area contributed by atoms with E-state index in [9.17, 15) is 4.57 Å². The van der Waals surface area contributed by atoms with Gasteiger partial charge in [-0.2, -0.15) is 0 Å². The molecular weight excluding hydrogens is 191 g/mol. The molecule has 0 heterocycles. The number of rotatable bonds is 4. The van der Waals surface area contributed by atoms with Crippen molar-refractivity contribution in [1.82, 2.24) is 0 Å². The van der Waals surface area contributed by atoms with Crippen molar-refractivity contribution in [3.8, 4) is 5.75 Å². The second-order valence-corrected chi connectivity index (χ2v) is 3.22. The summed E-state index contributed by atoms with van der Waals surface area (Å²) >= 11 is 0. The molecule has 1 aromatic carbocycles. The molecule has 0 fully saturated rings. The van der Waals surface area contributed by atoms with E-state index in [1.54, 1.807) is 31.4 Å². The van der Waals surface area contributed by atoms with Gasteiger partial charge in [0.2, 0.25) is 0 Å². The quantitative estimate of drug-likeness (QED) is 0.753. The van der Waals surface area contributed by atoms with Gasteiger partial charge < -0.3 is 14.2 Å². The van der Waals surface area contributed by atoms with Crippen molar-refractivity contribution in [1.29, 1.82) is 0 Å². The van der Waals surface area contributed by atoms with E-state index in [4.69, 9.17) is 9.63 Å². The highest BCUT2D eigenvalue weighted by Crippen LogP contribution is 2.19. The first kappa shape index (κ1) is 10.3. The van der Waals surface area contributed by atoms with Gasteiger partial charge in [0.05, 0.1) is 13.7 Å². The summed E-state index contributed by atoms with van der Waals surface area (Å²) in [5.41, 5.74) is 0.841. The van der Waals surface area contributed by atoms with E-state index in [0.29, 0.717) is 0 Å². The zero-order chi connectivity index (χ0) is 9.68. The van der Waals surface area contributed by atoms with Crippen LogP contribution in [0.25, 0.3) is 0 Å². The summed E-state index contributed by atoms with van der Waals surface area (Å²) in [5, 5.41) is 0. The smallest absolute Gasteiger partial charge is 0.316 e. The Bertz CT molecular complexity index is 283. The standard InChI is InChI=1S/C8H11O4P/c1-11-8-4-2-7(3-5-8)6-12-13(9)10/h2-5,13H,6H2,1H3,(H,9,10). The average Bonchev–Trinajstić information content (AvgIpc) is 2.15. The fourth-order valence-electron chi connectivity index (χ4n) is 0.867. The van der Waals surface area contributed by atoms with Crippen LogP contribution in [-0.2, 0) is 15.7 Å². The molecule has 72 valence electrons.